The Morgan fingerprint density at radius 3 is 1.19 bits per heavy atom. The van der Waals surface area contributed by atoms with Crippen molar-refractivity contribution in [2.24, 2.45) is 0 Å². The maximum absolute atomic E-state index is 14.5. The Hall–Kier alpha value is -4.06. The van der Waals surface area contributed by atoms with E-state index in [9.17, 15) is 37.1 Å². The van der Waals surface area contributed by atoms with Crippen molar-refractivity contribution in [3.05, 3.63) is 140 Å². The molecule has 0 atom stereocenters. The third-order valence-corrected chi connectivity index (χ3v) is 13.1. The fourth-order valence-corrected chi connectivity index (χ4v) is 10.7. The maximum atomic E-state index is 14.5. The van der Waals surface area contributed by atoms with E-state index in [4.69, 9.17) is 79.1 Å². The van der Waals surface area contributed by atoms with Crippen molar-refractivity contribution < 1.29 is 36.2 Å². The van der Waals surface area contributed by atoms with Crippen LogP contribution in [0.15, 0.2) is 88.7 Å². The van der Waals surface area contributed by atoms with Crippen LogP contribution in [0.4, 0.5) is 17.1 Å². The zero-order valence-electron chi connectivity index (χ0n) is 26.5. The van der Waals surface area contributed by atoms with Gasteiger partial charge in [0.2, 0.25) is 0 Å². The summed E-state index contributed by atoms with van der Waals surface area (Å²) in [6.07, 6.45) is 0. The lowest BCUT2D eigenvalue weighted by molar-refractivity contribution is -0.385. The van der Waals surface area contributed by atoms with Crippen molar-refractivity contribution >= 4 is 107 Å². The van der Waals surface area contributed by atoms with Gasteiger partial charge in [-0.3, -0.25) is 20.2 Å². The first kappa shape index (κ1) is 40.1. The summed E-state index contributed by atoms with van der Waals surface area (Å²) in [5.74, 6) is -0.777. The predicted octanol–water partition coefficient (Wildman–Crippen LogP) is 11.2. The van der Waals surface area contributed by atoms with Gasteiger partial charge in [0.25, 0.3) is 31.4 Å². The lowest BCUT2D eigenvalue weighted by Gasteiger charge is -2.27. The van der Waals surface area contributed by atoms with Crippen molar-refractivity contribution in [3.8, 4) is 23.0 Å². The topological polar surface area (TPSA) is 176 Å². The van der Waals surface area contributed by atoms with Gasteiger partial charge in [-0.1, -0.05) is 87.8 Å². The quantitative estimate of drug-likeness (QED) is 0.0916. The molecule has 5 rings (SSSR count). The van der Waals surface area contributed by atoms with Gasteiger partial charge in [-0.2, -0.15) is 3.71 Å². The SMILES string of the molecule is Cc1cccc(C)c1N(S(=O)(=O)c1cc(Cl)c(Oc2ccc([N+](=O)[O-])cc2Cl)c(Cl)c1)S(=O)(=O)c1cc(Cl)c(Oc2ccc([N+](=O)[O-])cc2Cl)c(Cl)c1. The Morgan fingerprint density at radius 1 is 0.547 bits per heavy atom. The zero-order chi connectivity index (χ0) is 39.2. The number of ether oxygens (including phenoxy) is 2. The van der Waals surface area contributed by atoms with E-state index in [0.717, 1.165) is 48.5 Å². The Bertz CT molecular complexity index is 2360. The summed E-state index contributed by atoms with van der Waals surface area (Å²) in [5.41, 5.74) is -0.401. The monoisotopic (exact) mass is 879 g/mol. The summed E-state index contributed by atoms with van der Waals surface area (Å²) in [5, 5.41) is 20.3. The van der Waals surface area contributed by atoms with Crippen molar-refractivity contribution in [1.82, 2.24) is 0 Å². The van der Waals surface area contributed by atoms with Crippen LogP contribution in [0.2, 0.25) is 30.1 Å². The third kappa shape index (κ3) is 8.07. The Labute approximate surface area is 331 Å². The number of aryl methyl sites for hydroxylation is 2. The molecule has 21 heteroatoms. The number of halogens is 6. The van der Waals surface area contributed by atoms with E-state index in [-0.39, 0.29) is 85.0 Å². The predicted molar refractivity (Wildman–Crippen MR) is 202 cm³/mol. The smallest absolute Gasteiger partial charge is 0.277 e. The van der Waals surface area contributed by atoms with Crippen LogP contribution in [0.25, 0.3) is 0 Å². The molecule has 0 amide bonds. The molecule has 0 heterocycles. The number of nitro benzene ring substituents is 2. The van der Waals surface area contributed by atoms with Gasteiger partial charge in [0.1, 0.15) is 11.5 Å². The highest BCUT2D eigenvalue weighted by Gasteiger charge is 2.40. The summed E-state index contributed by atoms with van der Waals surface area (Å²) >= 11 is 38.1. The van der Waals surface area contributed by atoms with E-state index in [1.54, 1.807) is 6.07 Å². The van der Waals surface area contributed by atoms with Crippen LogP contribution in [0.3, 0.4) is 0 Å². The molecule has 13 nitrogen and oxygen atoms in total. The minimum Gasteiger partial charge on any atom is -0.453 e. The first-order valence-electron chi connectivity index (χ1n) is 14.3. The molecule has 0 aliphatic heterocycles. The average molecular weight is 882 g/mol. The molecule has 0 radical (unpaired) electrons. The van der Waals surface area contributed by atoms with Gasteiger partial charge < -0.3 is 9.47 Å². The van der Waals surface area contributed by atoms with Gasteiger partial charge >= 0.3 is 0 Å². The molecule has 0 spiro atoms. The van der Waals surface area contributed by atoms with Gasteiger partial charge in [0.05, 0.1) is 55.5 Å². The summed E-state index contributed by atoms with van der Waals surface area (Å²) < 4.78 is 69.6. The van der Waals surface area contributed by atoms with Gasteiger partial charge in [-0.25, -0.2) is 16.8 Å². The zero-order valence-corrected chi connectivity index (χ0v) is 32.7. The molecule has 0 aliphatic carbocycles. The molecule has 276 valence electrons. The molecule has 0 fully saturated rings. The summed E-state index contributed by atoms with van der Waals surface area (Å²) in [7, 11) is -10.3. The molecular weight excluding hydrogens is 863 g/mol. The molecule has 53 heavy (non-hydrogen) atoms. The Balaban J connectivity index is 1.61. The largest absolute Gasteiger partial charge is 0.453 e. The molecule has 0 N–H and O–H groups in total. The lowest BCUT2D eigenvalue weighted by Crippen LogP contribution is -2.38. The summed E-state index contributed by atoms with van der Waals surface area (Å²) in [6.45, 7) is 2.99. The molecule has 5 aromatic rings. The summed E-state index contributed by atoms with van der Waals surface area (Å²) in [4.78, 5) is 19.5. The second-order valence-corrected chi connectivity index (χ2v) is 17.1. The fourth-order valence-electron chi connectivity index (χ4n) is 4.81. The molecule has 5 aromatic carbocycles. The molecule has 0 aromatic heterocycles. The van der Waals surface area contributed by atoms with Gasteiger partial charge in [-0.15, -0.1) is 0 Å². The highest BCUT2D eigenvalue weighted by Crippen LogP contribution is 2.45. The van der Waals surface area contributed by atoms with Gasteiger partial charge in [-0.05, 0) is 61.4 Å². The van der Waals surface area contributed by atoms with Crippen LogP contribution >= 0.6 is 69.6 Å². The molecule has 0 unspecified atom stereocenters. The van der Waals surface area contributed by atoms with E-state index in [2.05, 4.69) is 0 Å². The van der Waals surface area contributed by atoms with Crippen molar-refractivity contribution in [1.29, 1.82) is 0 Å². The molecule has 0 saturated carbocycles. The Morgan fingerprint density at radius 2 is 0.887 bits per heavy atom. The number of para-hydroxylation sites is 1. The van der Waals surface area contributed by atoms with E-state index in [1.165, 1.54) is 38.1 Å². The highest BCUT2D eigenvalue weighted by atomic mass is 35.5. The molecule has 0 saturated heterocycles. The molecule has 0 bridgehead atoms. The van der Waals surface area contributed by atoms with Crippen LogP contribution < -0.4 is 13.2 Å². The summed E-state index contributed by atoms with van der Waals surface area (Å²) in [6, 6.07) is 14.8. The maximum Gasteiger partial charge on any atom is 0.277 e. The number of rotatable bonds is 11. The number of anilines is 1. The third-order valence-electron chi connectivity index (χ3n) is 7.27. The molecule has 0 aliphatic rings. The standard InChI is InChI=1S/C32H19Cl6N3O10S2/c1-16-4-3-5-17(2)30(16)41(52(46,47)20-12-24(35)31(25(36)13-20)50-28-8-6-18(39(42)43)10-22(28)33)53(48,49)21-14-26(37)32(27(38)15-21)51-29-9-7-19(40(44)45)11-23(29)34/h3-15H,1-2H3. The number of nitro groups is 2. The second-order valence-electron chi connectivity index (χ2n) is 10.8. The fraction of sp³-hybridized carbons (Fsp3) is 0.0625. The van der Waals surface area contributed by atoms with E-state index >= 15 is 0 Å². The van der Waals surface area contributed by atoms with Gasteiger partial charge in [0, 0.05) is 24.3 Å². The number of benzene rings is 5. The van der Waals surface area contributed by atoms with Gasteiger partial charge in [0.15, 0.2) is 11.5 Å². The minimum atomic E-state index is -5.13. The first-order valence-corrected chi connectivity index (χ1v) is 19.5. The van der Waals surface area contributed by atoms with Crippen LogP contribution in [0.1, 0.15) is 11.1 Å². The van der Waals surface area contributed by atoms with Crippen molar-refractivity contribution in [2.45, 2.75) is 23.6 Å². The number of hydrogen-bond acceptors (Lipinski definition) is 10. The highest BCUT2D eigenvalue weighted by molar-refractivity contribution is 8.10. The van der Waals surface area contributed by atoms with E-state index in [0.29, 0.717) is 0 Å². The van der Waals surface area contributed by atoms with Crippen LogP contribution in [-0.2, 0) is 20.0 Å². The van der Waals surface area contributed by atoms with E-state index < -0.39 is 39.7 Å². The van der Waals surface area contributed by atoms with Crippen LogP contribution in [0, 0.1) is 34.1 Å². The minimum absolute atomic E-state index is 0.103. The number of non-ortho nitro benzene ring substituents is 2. The number of sulfonamides is 2. The number of nitrogens with zero attached hydrogens (tertiary/aromatic N) is 3. The van der Waals surface area contributed by atoms with E-state index in [1.807, 2.05) is 0 Å². The van der Waals surface area contributed by atoms with Crippen LogP contribution in [0.5, 0.6) is 23.0 Å². The van der Waals surface area contributed by atoms with Crippen molar-refractivity contribution in [3.63, 3.8) is 0 Å². The van der Waals surface area contributed by atoms with Crippen molar-refractivity contribution in [2.75, 3.05) is 3.71 Å². The van der Waals surface area contributed by atoms with Crippen LogP contribution in [-0.4, -0.2) is 26.7 Å². The Kier molecular flexibility index (Phi) is 11.6. The average Bonchev–Trinajstić information content (AvgIpc) is 3.06. The number of hydrogen-bond donors (Lipinski definition) is 0. The lowest BCUT2D eigenvalue weighted by atomic mass is 10.1. The second kappa shape index (κ2) is 15.4. The normalized spacial score (nSPS) is 11.6. The molecular formula is C32H19Cl6N3O10S2. The first-order chi connectivity index (χ1) is 24.7.